The number of nitrogens with zero attached hydrogens (tertiary/aromatic N) is 2. The number of carbonyl (C=O) groups is 2. The van der Waals surface area contributed by atoms with E-state index < -0.39 is 17.6 Å². The van der Waals surface area contributed by atoms with Gasteiger partial charge in [0.1, 0.15) is 12.1 Å². The van der Waals surface area contributed by atoms with Crippen molar-refractivity contribution in [3.63, 3.8) is 0 Å². The molecule has 1 aliphatic heterocycles. The number of carbonyl (C=O) groups excluding carboxylic acids is 2. The number of ketones is 1. The Labute approximate surface area is 62.2 Å². The van der Waals surface area contributed by atoms with Crippen molar-refractivity contribution in [3.8, 4) is 0 Å². The standard InChI is InChI=1S/C5H7N3O3/c6-8-2-3(5(8)10)4(9)1-7-11/h1,3,11H,2,6H2. The molecule has 0 spiro atoms. The van der Waals surface area contributed by atoms with Gasteiger partial charge >= 0.3 is 0 Å². The number of hydrogen-bond donors (Lipinski definition) is 2. The second-order valence-electron chi connectivity index (χ2n) is 2.19. The maximum Gasteiger partial charge on any atom is 0.249 e. The minimum absolute atomic E-state index is 0.198. The molecule has 3 N–H and O–H groups in total. The molecule has 0 aliphatic carbocycles. The van der Waals surface area contributed by atoms with Crippen LogP contribution in [0, 0.1) is 5.92 Å². The number of Topliss-reactive ketones (excluding diaryl/α,β-unsaturated/α-hetero) is 1. The van der Waals surface area contributed by atoms with Crippen molar-refractivity contribution in [2.45, 2.75) is 0 Å². The monoisotopic (exact) mass is 157 g/mol. The molecule has 0 aromatic carbocycles. The lowest BCUT2D eigenvalue weighted by Gasteiger charge is -2.32. The number of amides is 1. The third kappa shape index (κ3) is 1.20. The third-order valence-electron chi connectivity index (χ3n) is 1.49. The minimum Gasteiger partial charge on any atom is -0.411 e. The topological polar surface area (TPSA) is 96.0 Å². The van der Waals surface area contributed by atoms with Crippen LogP contribution in [-0.2, 0) is 9.59 Å². The maximum absolute atomic E-state index is 10.8. The molecule has 6 heteroatoms. The van der Waals surface area contributed by atoms with E-state index >= 15 is 0 Å². The molecule has 0 aromatic rings. The highest BCUT2D eigenvalue weighted by atomic mass is 16.4. The Morgan fingerprint density at radius 3 is 2.91 bits per heavy atom. The first kappa shape index (κ1) is 7.67. The Morgan fingerprint density at radius 1 is 1.91 bits per heavy atom. The quantitative estimate of drug-likeness (QED) is 0.0954. The summed E-state index contributed by atoms with van der Waals surface area (Å²) < 4.78 is 0. The molecule has 1 fully saturated rings. The molecule has 1 unspecified atom stereocenters. The van der Waals surface area contributed by atoms with E-state index in [2.05, 4.69) is 5.16 Å². The molecule has 1 saturated heterocycles. The Hall–Kier alpha value is -1.43. The third-order valence-corrected chi connectivity index (χ3v) is 1.49. The van der Waals surface area contributed by atoms with E-state index in [1.807, 2.05) is 0 Å². The van der Waals surface area contributed by atoms with E-state index in [0.717, 1.165) is 5.01 Å². The normalized spacial score (nSPS) is 23.9. The number of hydrogen-bond acceptors (Lipinski definition) is 5. The van der Waals surface area contributed by atoms with E-state index in [1.54, 1.807) is 0 Å². The lowest BCUT2D eigenvalue weighted by Crippen LogP contribution is -2.59. The molecule has 0 bridgehead atoms. The summed E-state index contributed by atoms with van der Waals surface area (Å²) >= 11 is 0. The van der Waals surface area contributed by atoms with E-state index in [1.165, 1.54) is 0 Å². The molecule has 1 heterocycles. The van der Waals surface area contributed by atoms with Crippen LogP contribution < -0.4 is 5.84 Å². The van der Waals surface area contributed by atoms with Crippen molar-refractivity contribution in [2.24, 2.45) is 16.9 Å². The first-order valence-corrected chi connectivity index (χ1v) is 2.94. The Balaban J connectivity index is 2.52. The van der Waals surface area contributed by atoms with Crippen LogP contribution in [0.1, 0.15) is 0 Å². The van der Waals surface area contributed by atoms with E-state index in [9.17, 15) is 9.59 Å². The van der Waals surface area contributed by atoms with Crippen LogP contribution in [0.5, 0.6) is 0 Å². The summed E-state index contributed by atoms with van der Waals surface area (Å²) in [6.07, 6.45) is 0.704. The molecule has 0 aromatic heterocycles. The molecule has 1 aliphatic rings. The Morgan fingerprint density at radius 2 is 2.55 bits per heavy atom. The molecule has 0 saturated carbocycles. The summed E-state index contributed by atoms with van der Waals surface area (Å²) in [7, 11) is 0. The van der Waals surface area contributed by atoms with Gasteiger partial charge in [-0.3, -0.25) is 14.6 Å². The summed E-state index contributed by atoms with van der Waals surface area (Å²) in [5, 5.41) is 11.4. The van der Waals surface area contributed by atoms with Gasteiger partial charge in [0, 0.05) is 0 Å². The van der Waals surface area contributed by atoms with Crippen LogP contribution in [0.2, 0.25) is 0 Å². The molecule has 6 nitrogen and oxygen atoms in total. The van der Waals surface area contributed by atoms with E-state index in [0.29, 0.717) is 6.21 Å². The van der Waals surface area contributed by atoms with Gasteiger partial charge in [-0.05, 0) is 0 Å². The van der Waals surface area contributed by atoms with Gasteiger partial charge in [-0.2, -0.15) is 0 Å². The second-order valence-corrected chi connectivity index (χ2v) is 2.19. The van der Waals surface area contributed by atoms with E-state index in [4.69, 9.17) is 11.0 Å². The van der Waals surface area contributed by atoms with Crippen LogP contribution >= 0.6 is 0 Å². The molecule has 1 atom stereocenters. The van der Waals surface area contributed by atoms with Crippen LogP contribution in [0.25, 0.3) is 0 Å². The van der Waals surface area contributed by atoms with E-state index in [-0.39, 0.29) is 6.54 Å². The SMILES string of the molecule is NN1CC(C(=O)C=NO)C1=O. The van der Waals surface area contributed by atoms with Crippen LogP contribution in [0.4, 0.5) is 0 Å². The largest absolute Gasteiger partial charge is 0.411 e. The highest BCUT2D eigenvalue weighted by Crippen LogP contribution is 2.12. The first-order valence-electron chi connectivity index (χ1n) is 2.94. The van der Waals surface area contributed by atoms with Gasteiger partial charge in [0.2, 0.25) is 5.91 Å². The average Bonchev–Trinajstić information content (AvgIpc) is 1.99. The molecular formula is C5H7N3O3. The van der Waals surface area contributed by atoms with Crippen LogP contribution in [-0.4, -0.2) is 34.7 Å². The fourth-order valence-corrected chi connectivity index (χ4v) is 0.811. The minimum atomic E-state index is -0.740. The van der Waals surface area contributed by atoms with Crippen molar-refractivity contribution in [1.82, 2.24) is 5.01 Å². The number of nitrogens with two attached hydrogens (primary N) is 1. The highest BCUT2D eigenvalue weighted by Gasteiger charge is 2.39. The van der Waals surface area contributed by atoms with Gasteiger partial charge < -0.3 is 5.21 Å². The summed E-state index contributed by atoms with van der Waals surface area (Å²) in [5.74, 6) is 3.38. The van der Waals surface area contributed by atoms with Gasteiger partial charge in [0.25, 0.3) is 0 Å². The Bertz CT molecular complexity index is 225. The summed E-state index contributed by atoms with van der Waals surface area (Å²) in [6, 6.07) is 0. The number of oxime groups is 1. The smallest absolute Gasteiger partial charge is 0.249 e. The fourth-order valence-electron chi connectivity index (χ4n) is 0.811. The predicted molar refractivity (Wildman–Crippen MR) is 34.7 cm³/mol. The van der Waals surface area contributed by atoms with Gasteiger partial charge in [0.15, 0.2) is 5.78 Å². The maximum atomic E-state index is 10.8. The molecular weight excluding hydrogens is 150 g/mol. The summed E-state index contributed by atoms with van der Waals surface area (Å²) in [6.45, 7) is 0.198. The summed E-state index contributed by atoms with van der Waals surface area (Å²) in [5.41, 5.74) is 0. The van der Waals surface area contributed by atoms with Crippen molar-refractivity contribution >= 4 is 17.9 Å². The second kappa shape index (κ2) is 2.67. The van der Waals surface area contributed by atoms with Crippen molar-refractivity contribution in [2.75, 3.05) is 6.54 Å². The van der Waals surface area contributed by atoms with Crippen molar-refractivity contribution < 1.29 is 14.8 Å². The van der Waals surface area contributed by atoms with Gasteiger partial charge in [-0.1, -0.05) is 5.16 Å². The number of hydrazine groups is 1. The summed E-state index contributed by atoms with van der Waals surface area (Å²) in [4.78, 5) is 21.5. The lowest BCUT2D eigenvalue weighted by atomic mass is 9.97. The van der Waals surface area contributed by atoms with Crippen molar-refractivity contribution in [3.05, 3.63) is 0 Å². The molecule has 60 valence electrons. The zero-order valence-corrected chi connectivity index (χ0v) is 5.60. The molecule has 1 rings (SSSR count). The molecule has 11 heavy (non-hydrogen) atoms. The zero-order chi connectivity index (χ0) is 8.43. The van der Waals surface area contributed by atoms with Gasteiger partial charge in [-0.15, -0.1) is 0 Å². The van der Waals surface area contributed by atoms with Crippen molar-refractivity contribution in [1.29, 1.82) is 0 Å². The predicted octanol–water partition coefficient (Wildman–Crippen LogP) is -1.65. The Kier molecular flexibility index (Phi) is 1.86. The molecule has 0 radical (unpaired) electrons. The lowest BCUT2D eigenvalue weighted by molar-refractivity contribution is -0.151. The average molecular weight is 157 g/mol. The van der Waals surface area contributed by atoms with Crippen LogP contribution in [0.15, 0.2) is 5.16 Å². The first-order chi connectivity index (χ1) is 5.16. The van der Waals surface area contributed by atoms with Gasteiger partial charge in [0.05, 0.1) is 6.54 Å². The number of rotatable bonds is 2. The molecule has 1 amide bonds. The van der Waals surface area contributed by atoms with Crippen LogP contribution in [0.3, 0.4) is 0 Å². The zero-order valence-electron chi connectivity index (χ0n) is 5.60. The van der Waals surface area contributed by atoms with Gasteiger partial charge in [-0.25, -0.2) is 5.84 Å². The fraction of sp³-hybridized carbons (Fsp3) is 0.400. The number of β-lactam (4-membered cyclic amide) rings is 1. The highest BCUT2D eigenvalue weighted by molar-refractivity contribution is 6.34.